The number of hydrazone groups is 1. The van der Waals surface area contributed by atoms with Gasteiger partial charge in [-0.1, -0.05) is 0 Å². The molecule has 142 valence electrons. The number of rotatable bonds is 7. The fourth-order valence-electron chi connectivity index (χ4n) is 2.25. The van der Waals surface area contributed by atoms with E-state index in [0.717, 1.165) is 0 Å². The van der Waals surface area contributed by atoms with Crippen LogP contribution in [0.3, 0.4) is 0 Å². The summed E-state index contributed by atoms with van der Waals surface area (Å²) in [6.07, 6.45) is -0.0208. The van der Waals surface area contributed by atoms with E-state index in [4.69, 9.17) is 9.47 Å². The van der Waals surface area contributed by atoms with E-state index < -0.39 is 10.8 Å². The number of ether oxygens (including phenoxy) is 2. The second-order valence-electron chi connectivity index (χ2n) is 5.97. The largest absolute Gasteiger partial charge is 0.493 e. The number of nitrogens with zero attached hydrogens (tertiary/aromatic N) is 2. The Balaban J connectivity index is 2.11. The normalized spacial score (nSPS) is 11.2. The molecule has 0 saturated heterocycles. The highest BCUT2D eigenvalue weighted by atomic mass is 16.6. The average Bonchev–Trinajstić information content (AvgIpc) is 2.65. The van der Waals surface area contributed by atoms with Crippen LogP contribution in [0.25, 0.3) is 0 Å². The number of carbonyl (C=O) groups is 1. The van der Waals surface area contributed by atoms with Gasteiger partial charge in [0.2, 0.25) is 0 Å². The maximum Gasteiger partial charge on any atom is 0.271 e. The van der Waals surface area contributed by atoms with Gasteiger partial charge in [0, 0.05) is 17.7 Å². The van der Waals surface area contributed by atoms with Crippen LogP contribution in [0, 0.1) is 10.1 Å². The highest BCUT2D eigenvalue weighted by Gasteiger charge is 2.12. The zero-order chi connectivity index (χ0) is 20.0. The molecular formula is C19H21N3O5. The third-order valence-corrected chi connectivity index (χ3v) is 3.61. The van der Waals surface area contributed by atoms with Crippen molar-refractivity contribution in [3.8, 4) is 11.5 Å². The molecule has 8 heteroatoms. The van der Waals surface area contributed by atoms with Crippen LogP contribution in [0.15, 0.2) is 47.6 Å². The van der Waals surface area contributed by atoms with Gasteiger partial charge < -0.3 is 9.47 Å². The third-order valence-electron chi connectivity index (χ3n) is 3.61. The monoisotopic (exact) mass is 371 g/mol. The third kappa shape index (κ3) is 5.27. The smallest absolute Gasteiger partial charge is 0.271 e. The van der Waals surface area contributed by atoms with Gasteiger partial charge >= 0.3 is 0 Å². The molecule has 0 saturated carbocycles. The topological polar surface area (TPSA) is 103 Å². The second kappa shape index (κ2) is 8.79. The number of hydrogen-bond donors (Lipinski definition) is 1. The summed E-state index contributed by atoms with van der Waals surface area (Å²) in [6.45, 7) is 5.49. The Labute approximate surface area is 157 Å². The van der Waals surface area contributed by atoms with Crippen molar-refractivity contribution in [2.24, 2.45) is 5.10 Å². The molecule has 0 spiro atoms. The van der Waals surface area contributed by atoms with E-state index in [2.05, 4.69) is 10.5 Å². The van der Waals surface area contributed by atoms with Gasteiger partial charge in [-0.2, -0.15) is 5.10 Å². The van der Waals surface area contributed by atoms with E-state index in [1.807, 2.05) is 13.8 Å². The summed E-state index contributed by atoms with van der Waals surface area (Å²) in [5.74, 6) is 0.590. The standard InChI is InChI=1S/C19H21N3O5/c1-12(2)27-17-10-7-15(11-18(17)26-4)19(23)21-20-13(3)14-5-8-16(9-6-14)22(24)25/h5-12H,1-4H3,(H,21,23)/b20-13+. The molecule has 0 aliphatic carbocycles. The molecule has 2 aromatic carbocycles. The zero-order valence-electron chi connectivity index (χ0n) is 15.6. The number of non-ortho nitro benzene ring substituents is 1. The summed E-state index contributed by atoms with van der Waals surface area (Å²) < 4.78 is 10.9. The molecule has 0 bridgehead atoms. The Hall–Kier alpha value is -3.42. The van der Waals surface area contributed by atoms with Gasteiger partial charge in [-0.15, -0.1) is 0 Å². The molecule has 2 aromatic rings. The van der Waals surface area contributed by atoms with Gasteiger partial charge in [0.05, 0.1) is 23.8 Å². The molecule has 0 aliphatic heterocycles. The van der Waals surface area contributed by atoms with E-state index in [9.17, 15) is 14.9 Å². The number of benzene rings is 2. The van der Waals surface area contributed by atoms with Gasteiger partial charge in [0.1, 0.15) is 0 Å². The molecule has 0 fully saturated rings. The van der Waals surface area contributed by atoms with Crippen molar-refractivity contribution in [2.75, 3.05) is 7.11 Å². The number of nitro benzene ring substituents is 1. The minimum absolute atomic E-state index is 0.00798. The van der Waals surface area contributed by atoms with Crippen LogP contribution in [0.4, 0.5) is 5.69 Å². The quantitative estimate of drug-likeness (QED) is 0.455. The molecule has 0 atom stereocenters. The molecule has 0 aromatic heterocycles. The fourth-order valence-corrected chi connectivity index (χ4v) is 2.25. The van der Waals surface area contributed by atoms with Crippen LogP contribution in [0.2, 0.25) is 0 Å². The van der Waals surface area contributed by atoms with Gasteiger partial charge in [0.15, 0.2) is 11.5 Å². The van der Waals surface area contributed by atoms with Crippen LogP contribution in [-0.2, 0) is 0 Å². The molecular weight excluding hydrogens is 350 g/mol. The number of nitrogens with one attached hydrogen (secondary N) is 1. The number of hydrogen-bond acceptors (Lipinski definition) is 6. The first-order valence-electron chi connectivity index (χ1n) is 8.26. The molecule has 0 aliphatic rings. The number of nitro groups is 1. The molecule has 0 radical (unpaired) electrons. The minimum Gasteiger partial charge on any atom is -0.493 e. The summed E-state index contributed by atoms with van der Waals surface area (Å²) in [5.41, 5.74) is 4.01. The van der Waals surface area contributed by atoms with Crippen LogP contribution in [-0.4, -0.2) is 29.8 Å². The van der Waals surface area contributed by atoms with E-state index in [0.29, 0.717) is 28.3 Å². The van der Waals surface area contributed by atoms with Gasteiger partial charge in [-0.3, -0.25) is 14.9 Å². The van der Waals surface area contributed by atoms with Crippen LogP contribution >= 0.6 is 0 Å². The first kappa shape index (κ1) is 19.9. The maximum atomic E-state index is 12.3. The van der Waals surface area contributed by atoms with E-state index in [-0.39, 0.29) is 11.8 Å². The Bertz CT molecular complexity index is 860. The van der Waals surface area contributed by atoms with Crippen molar-refractivity contribution >= 4 is 17.3 Å². The number of amides is 1. The number of carbonyl (C=O) groups excluding carboxylic acids is 1. The molecule has 0 heterocycles. The Morgan fingerprint density at radius 1 is 1.11 bits per heavy atom. The zero-order valence-corrected chi connectivity index (χ0v) is 15.6. The predicted molar refractivity (Wildman–Crippen MR) is 102 cm³/mol. The van der Waals surface area contributed by atoms with Crippen molar-refractivity contribution in [2.45, 2.75) is 26.9 Å². The van der Waals surface area contributed by atoms with E-state index in [1.54, 1.807) is 37.3 Å². The van der Waals surface area contributed by atoms with Crippen LogP contribution in [0.5, 0.6) is 11.5 Å². The summed E-state index contributed by atoms with van der Waals surface area (Å²) in [6, 6.07) is 10.8. The highest BCUT2D eigenvalue weighted by molar-refractivity contribution is 6.01. The van der Waals surface area contributed by atoms with Crippen LogP contribution < -0.4 is 14.9 Å². The lowest BCUT2D eigenvalue weighted by Gasteiger charge is -2.14. The Kier molecular flexibility index (Phi) is 6.48. The Morgan fingerprint density at radius 2 is 1.74 bits per heavy atom. The summed E-state index contributed by atoms with van der Waals surface area (Å²) in [7, 11) is 1.50. The van der Waals surface area contributed by atoms with Crippen molar-refractivity contribution in [3.05, 3.63) is 63.7 Å². The summed E-state index contributed by atoms with van der Waals surface area (Å²) in [4.78, 5) is 22.5. The molecule has 8 nitrogen and oxygen atoms in total. The van der Waals surface area contributed by atoms with Crippen LogP contribution in [0.1, 0.15) is 36.7 Å². The number of methoxy groups -OCH3 is 1. The molecule has 2 rings (SSSR count). The highest BCUT2D eigenvalue weighted by Crippen LogP contribution is 2.29. The second-order valence-corrected chi connectivity index (χ2v) is 5.97. The minimum atomic E-state index is -0.474. The van der Waals surface area contributed by atoms with Crippen molar-refractivity contribution in [1.82, 2.24) is 5.43 Å². The first-order valence-corrected chi connectivity index (χ1v) is 8.26. The lowest BCUT2D eigenvalue weighted by Crippen LogP contribution is -2.19. The van der Waals surface area contributed by atoms with Crippen molar-refractivity contribution < 1.29 is 19.2 Å². The van der Waals surface area contributed by atoms with Gasteiger partial charge in [0.25, 0.3) is 11.6 Å². The SMILES string of the molecule is COc1cc(C(=O)N/N=C(\C)c2ccc([N+](=O)[O-])cc2)ccc1OC(C)C. The van der Waals surface area contributed by atoms with Gasteiger partial charge in [-0.05, 0) is 56.7 Å². The van der Waals surface area contributed by atoms with E-state index >= 15 is 0 Å². The molecule has 1 amide bonds. The predicted octanol–water partition coefficient (Wildman–Crippen LogP) is 3.54. The maximum absolute atomic E-state index is 12.3. The first-order chi connectivity index (χ1) is 12.8. The van der Waals surface area contributed by atoms with Gasteiger partial charge in [-0.25, -0.2) is 5.43 Å². The summed E-state index contributed by atoms with van der Waals surface area (Å²) in [5, 5.41) is 14.7. The molecule has 27 heavy (non-hydrogen) atoms. The molecule has 0 unspecified atom stereocenters. The fraction of sp³-hybridized carbons (Fsp3) is 0.263. The van der Waals surface area contributed by atoms with E-state index in [1.165, 1.54) is 19.2 Å². The molecule has 1 N–H and O–H groups in total. The van der Waals surface area contributed by atoms with Crippen molar-refractivity contribution in [1.29, 1.82) is 0 Å². The summed E-state index contributed by atoms with van der Waals surface area (Å²) >= 11 is 0. The average molecular weight is 371 g/mol. The lowest BCUT2D eigenvalue weighted by molar-refractivity contribution is -0.384. The Morgan fingerprint density at radius 3 is 2.30 bits per heavy atom. The lowest BCUT2D eigenvalue weighted by atomic mass is 10.1. The van der Waals surface area contributed by atoms with Crippen molar-refractivity contribution in [3.63, 3.8) is 0 Å².